The zero-order chi connectivity index (χ0) is 16.7. The zero-order valence-corrected chi connectivity index (χ0v) is 14.0. The maximum atomic E-state index is 12.0. The molecule has 0 saturated carbocycles. The zero-order valence-electron chi connectivity index (χ0n) is 13.2. The largest absolute Gasteiger partial charge is 0.385 e. The molecule has 23 heavy (non-hydrogen) atoms. The third kappa shape index (κ3) is 5.26. The van der Waals surface area contributed by atoms with Gasteiger partial charge >= 0.3 is 5.69 Å². The Labute approximate surface area is 138 Å². The molecule has 0 fully saturated rings. The van der Waals surface area contributed by atoms with Gasteiger partial charge in [-0.25, -0.2) is 9.89 Å². The summed E-state index contributed by atoms with van der Waals surface area (Å²) in [6.07, 6.45) is 0.707. The van der Waals surface area contributed by atoms with E-state index >= 15 is 0 Å². The number of carbonyl (C=O) groups excluding carboxylic acids is 1. The second-order valence-corrected chi connectivity index (χ2v) is 5.95. The van der Waals surface area contributed by atoms with Crippen LogP contribution in [0.5, 0.6) is 0 Å². The van der Waals surface area contributed by atoms with E-state index in [1.54, 1.807) is 7.11 Å². The van der Waals surface area contributed by atoms with Crippen LogP contribution in [-0.2, 0) is 16.1 Å². The van der Waals surface area contributed by atoms with Crippen LogP contribution in [0.2, 0.25) is 0 Å². The van der Waals surface area contributed by atoms with Gasteiger partial charge in [0.2, 0.25) is 5.91 Å². The maximum absolute atomic E-state index is 12.0. The molecule has 0 aliphatic carbocycles. The predicted molar refractivity (Wildman–Crippen MR) is 89.9 cm³/mol. The molecule has 2 rings (SSSR count). The van der Waals surface area contributed by atoms with Gasteiger partial charge in [0.25, 0.3) is 0 Å². The molecular formula is C15H20N4O3S. The van der Waals surface area contributed by atoms with Crippen molar-refractivity contribution in [2.45, 2.75) is 25.0 Å². The van der Waals surface area contributed by atoms with Crippen molar-refractivity contribution in [1.82, 2.24) is 14.8 Å². The molecule has 0 bridgehead atoms. The molecule has 0 aliphatic heterocycles. The highest BCUT2D eigenvalue weighted by Gasteiger charge is 2.11. The van der Waals surface area contributed by atoms with Gasteiger partial charge < -0.3 is 10.1 Å². The Morgan fingerprint density at radius 2 is 2.13 bits per heavy atom. The number of methoxy groups -OCH3 is 1. The number of ether oxygens (including phenoxy) is 1. The second kappa shape index (κ2) is 8.54. The Morgan fingerprint density at radius 3 is 2.83 bits per heavy atom. The Morgan fingerprint density at radius 1 is 1.39 bits per heavy atom. The van der Waals surface area contributed by atoms with E-state index < -0.39 is 0 Å². The van der Waals surface area contributed by atoms with Gasteiger partial charge in [-0.15, -0.1) is 5.10 Å². The Hall–Kier alpha value is -2.06. The van der Waals surface area contributed by atoms with Crippen LogP contribution in [0.3, 0.4) is 0 Å². The van der Waals surface area contributed by atoms with Crippen LogP contribution in [0, 0.1) is 6.92 Å². The first kappa shape index (κ1) is 17.3. The summed E-state index contributed by atoms with van der Waals surface area (Å²) < 4.78 is 6.49. The molecule has 1 aromatic carbocycles. The van der Waals surface area contributed by atoms with Crippen LogP contribution in [0.4, 0.5) is 5.69 Å². The van der Waals surface area contributed by atoms with Crippen molar-refractivity contribution < 1.29 is 9.53 Å². The molecule has 124 valence electrons. The molecule has 0 saturated heterocycles. The normalized spacial score (nSPS) is 10.7. The molecule has 0 aliphatic rings. The van der Waals surface area contributed by atoms with Crippen LogP contribution in [0.15, 0.2) is 34.2 Å². The fraction of sp³-hybridized carbons (Fsp3) is 0.400. The summed E-state index contributed by atoms with van der Waals surface area (Å²) in [5.41, 5.74) is 1.61. The summed E-state index contributed by atoms with van der Waals surface area (Å²) in [6.45, 7) is 3.06. The Balaban J connectivity index is 1.88. The van der Waals surface area contributed by atoms with Gasteiger partial charge in [-0.05, 0) is 25.5 Å². The van der Waals surface area contributed by atoms with Gasteiger partial charge in [-0.1, -0.05) is 29.5 Å². The molecular weight excluding hydrogens is 316 g/mol. The van der Waals surface area contributed by atoms with Crippen molar-refractivity contribution >= 4 is 23.4 Å². The molecule has 2 N–H and O–H groups in total. The third-order valence-electron chi connectivity index (χ3n) is 3.12. The molecule has 1 amide bonds. The minimum Gasteiger partial charge on any atom is -0.385 e. The standard InChI is InChI=1S/C15H20N4O3S/c1-11-4-6-12(7-5-11)16-13(20)10-23-15-18-17-14(21)19(15)8-3-9-22-2/h4-7H,3,8-10H2,1-2H3,(H,16,20)(H,17,21). The number of nitrogens with zero attached hydrogens (tertiary/aromatic N) is 2. The lowest BCUT2D eigenvalue weighted by Gasteiger charge is -2.06. The lowest BCUT2D eigenvalue weighted by Crippen LogP contribution is -2.19. The number of aromatic amines is 1. The molecule has 0 atom stereocenters. The van der Waals surface area contributed by atoms with E-state index in [4.69, 9.17) is 4.74 Å². The number of benzene rings is 1. The lowest BCUT2D eigenvalue weighted by atomic mass is 10.2. The number of nitrogens with one attached hydrogen (secondary N) is 2. The SMILES string of the molecule is COCCCn1c(SCC(=O)Nc2ccc(C)cc2)n[nH]c1=O. The number of thioether (sulfide) groups is 1. The van der Waals surface area contributed by atoms with Gasteiger partial charge in [0.1, 0.15) is 0 Å². The highest BCUT2D eigenvalue weighted by atomic mass is 32.2. The summed E-state index contributed by atoms with van der Waals surface area (Å²) in [5, 5.41) is 9.68. The molecule has 1 aromatic heterocycles. The monoisotopic (exact) mass is 336 g/mol. The molecule has 2 aromatic rings. The van der Waals surface area contributed by atoms with Crippen molar-refractivity contribution in [2.75, 3.05) is 24.8 Å². The molecule has 7 nitrogen and oxygen atoms in total. The van der Waals surface area contributed by atoms with Crippen molar-refractivity contribution in [1.29, 1.82) is 0 Å². The van der Waals surface area contributed by atoms with Crippen molar-refractivity contribution in [3.8, 4) is 0 Å². The average molecular weight is 336 g/mol. The average Bonchev–Trinajstić information content (AvgIpc) is 2.88. The molecule has 0 unspecified atom stereocenters. The lowest BCUT2D eigenvalue weighted by molar-refractivity contribution is -0.113. The summed E-state index contributed by atoms with van der Waals surface area (Å²) in [6, 6.07) is 7.58. The smallest absolute Gasteiger partial charge is 0.343 e. The number of rotatable bonds is 8. The summed E-state index contributed by atoms with van der Waals surface area (Å²) >= 11 is 1.22. The summed E-state index contributed by atoms with van der Waals surface area (Å²) in [5.74, 6) is 0.0420. The van der Waals surface area contributed by atoms with Crippen molar-refractivity contribution in [2.24, 2.45) is 0 Å². The van der Waals surface area contributed by atoms with E-state index in [2.05, 4.69) is 15.5 Å². The van der Waals surface area contributed by atoms with Crippen molar-refractivity contribution in [3.63, 3.8) is 0 Å². The highest BCUT2D eigenvalue weighted by molar-refractivity contribution is 7.99. The van der Waals surface area contributed by atoms with E-state index in [-0.39, 0.29) is 17.3 Å². The van der Waals surface area contributed by atoms with E-state index in [0.717, 1.165) is 11.3 Å². The second-order valence-electron chi connectivity index (χ2n) is 5.01. The minimum atomic E-state index is -0.275. The van der Waals surface area contributed by atoms with Gasteiger partial charge in [0.05, 0.1) is 5.75 Å². The quantitative estimate of drug-likeness (QED) is 0.565. The number of anilines is 1. The van der Waals surface area contributed by atoms with E-state index in [1.807, 2.05) is 31.2 Å². The van der Waals surface area contributed by atoms with E-state index in [0.29, 0.717) is 24.7 Å². The van der Waals surface area contributed by atoms with Crippen LogP contribution >= 0.6 is 11.8 Å². The van der Waals surface area contributed by atoms with Gasteiger partial charge in [0.15, 0.2) is 5.16 Å². The van der Waals surface area contributed by atoms with Crippen LogP contribution in [0.1, 0.15) is 12.0 Å². The highest BCUT2D eigenvalue weighted by Crippen LogP contribution is 2.15. The van der Waals surface area contributed by atoms with E-state index in [9.17, 15) is 9.59 Å². The summed E-state index contributed by atoms with van der Waals surface area (Å²) in [4.78, 5) is 23.7. The topological polar surface area (TPSA) is 89.0 Å². The van der Waals surface area contributed by atoms with Crippen molar-refractivity contribution in [3.05, 3.63) is 40.3 Å². The van der Waals surface area contributed by atoms with Gasteiger partial charge in [-0.3, -0.25) is 9.36 Å². The first-order valence-corrected chi connectivity index (χ1v) is 8.22. The Kier molecular flexibility index (Phi) is 6.42. The molecule has 0 radical (unpaired) electrons. The van der Waals surface area contributed by atoms with Gasteiger partial charge in [0, 0.05) is 25.9 Å². The molecule has 0 spiro atoms. The number of H-pyrrole nitrogens is 1. The summed E-state index contributed by atoms with van der Waals surface area (Å²) in [7, 11) is 1.61. The fourth-order valence-corrected chi connectivity index (χ4v) is 2.71. The first-order valence-electron chi connectivity index (χ1n) is 7.23. The fourth-order valence-electron chi connectivity index (χ4n) is 1.94. The van der Waals surface area contributed by atoms with Gasteiger partial charge in [-0.2, -0.15) is 0 Å². The predicted octanol–water partition coefficient (Wildman–Crippen LogP) is 1.65. The maximum Gasteiger partial charge on any atom is 0.343 e. The number of hydrogen-bond acceptors (Lipinski definition) is 5. The molecule has 8 heteroatoms. The van der Waals surface area contributed by atoms with Crippen LogP contribution in [0.25, 0.3) is 0 Å². The third-order valence-corrected chi connectivity index (χ3v) is 4.10. The number of aryl methyl sites for hydroxylation is 1. The van der Waals surface area contributed by atoms with Crippen LogP contribution < -0.4 is 11.0 Å². The number of hydrogen-bond donors (Lipinski definition) is 2. The van der Waals surface area contributed by atoms with E-state index in [1.165, 1.54) is 16.3 Å². The molecule has 1 heterocycles. The number of aromatic nitrogens is 3. The number of carbonyl (C=O) groups is 1. The number of amides is 1. The Bertz CT molecular complexity index is 693. The minimum absolute atomic E-state index is 0.141. The first-order chi connectivity index (χ1) is 11.1. The van der Waals surface area contributed by atoms with Crippen LogP contribution in [-0.4, -0.2) is 40.1 Å².